The number of carbonyl (C=O) groups excluding carboxylic acids is 4. The summed E-state index contributed by atoms with van der Waals surface area (Å²) < 4.78 is 7.75. The largest absolute Gasteiger partial charge is 0.472 e. The van der Waals surface area contributed by atoms with Crippen LogP contribution in [0.1, 0.15) is 63.7 Å². The van der Waals surface area contributed by atoms with Gasteiger partial charge < -0.3 is 25.2 Å². The van der Waals surface area contributed by atoms with Crippen LogP contribution in [0.25, 0.3) is 0 Å². The minimum absolute atomic E-state index is 0.0159. The molecule has 0 radical (unpaired) electrons. The van der Waals surface area contributed by atoms with Crippen LogP contribution in [0.2, 0.25) is 0 Å². The van der Waals surface area contributed by atoms with Gasteiger partial charge in [0.15, 0.2) is 11.6 Å². The van der Waals surface area contributed by atoms with Crippen molar-refractivity contribution in [2.45, 2.75) is 82.6 Å². The average molecular weight is 577 g/mol. The second-order valence-corrected chi connectivity index (χ2v) is 12.4. The summed E-state index contributed by atoms with van der Waals surface area (Å²) >= 11 is 0. The third-order valence-corrected chi connectivity index (χ3v) is 8.08. The number of carbonyl (C=O) groups is 4. The van der Waals surface area contributed by atoms with Crippen LogP contribution in [0.4, 0.5) is 5.82 Å². The Bertz CT molecular complexity index is 1450. The first kappa shape index (κ1) is 29.0. The number of pyridine rings is 1. The van der Waals surface area contributed by atoms with Gasteiger partial charge in [0.1, 0.15) is 18.1 Å². The maximum atomic E-state index is 14.0. The smallest absolute Gasteiger partial charge is 0.271 e. The predicted molar refractivity (Wildman–Crippen MR) is 150 cm³/mol. The van der Waals surface area contributed by atoms with Crippen molar-refractivity contribution in [1.29, 1.82) is 5.26 Å². The molecule has 0 bridgehead atoms. The molecule has 4 atom stereocenters. The number of nitrogens with one attached hydrogen (secondary N) is 2. The Balaban J connectivity index is 1.31. The van der Waals surface area contributed by atoms with Crippen LogP contribution in [0.3, 0.4) is 0 Å². The fourth-order valence-electron chi connectivity index (χ4n) is 5.40. The summed E-state index contributed by atoms with van der Waals surface area (Å²) in [5.74, 6) is -0.886. The minimum atomic E-state index is -1.45. The van der Waals surface area contributed by atoms with E-state index in [2.05, 4.69) is 26.8 Å². The molecular weight excluding hydrogens is 540 g/mol. The lowest BCUT2D eigenvalue weighted by molar-refractivity contribution is -0.146. The Morgan fingerprint density at radius 3 is 2.71 bits per heavy atom. The Hall–Kier alpha value is -4.47. The van der Waals surface area contributed by atoms with Gasteiger partial charge in [0, 0.05) is 25.9 Å². The van der Waals surface area contributed by atoms with Crippen LogP contribution in [0.5, 0.6) is 5.75 Å². The van der Waals surface area contributed by atoms with Gasteiger partial charge in [0.2, 0.25) is 17.4 Å². The predicted octanol–water partition coefficient (Wildman–Crippen LogP) is 1.67. The van der Waals surface area contributed by atoms with E-state index in [4.69, 9.17) is 4.74 Å². The van der Waals surface area contributed by atoms with Crippen LogP contribution >= 0.6 is 0 Å². The summed E-state index contributed by atoms with van der Waals surface area (Å²) in [4.78, 5) is 60.4. The molecule has 2 aromatic heterocycles. The number of nitriles is 1. The van der Waals surface area contributed by atoms with Crippen molar-refractivity contribution in [2.75, 3.05) is 18.9 Å². The van der Waals surface area contributed by atoms with Crippen LogP contribution in [-0.2, 0) is 19.9 Å². The quantitative estimate of drug-likeness (QED) is 0.503. The van der Waals surface area contributed by atoms with E-state index in [-0.39, 0.29) is 30.2 Å². The maximum absolute atomic E-state index is 14.0. The van der Waals surface area contributed by atoms with Crippen molar-refractivity contribution in [3.63, 3.8) is 0 Å². The van der Waals surface area contributed by atoms with E-state index in [0.29, 0.717) is 17.7 Å². The molecule has 4 heterocycles. The van der Waals surface area contributed by atoms with Gasteiger partial charge in [0.25, 0.3) is 11.8 Å². The normalized spacial score (nSPS) is 22.8. The third kappa shape index (κ3) is 5.53. The fourth-order valence-corrected chi connectivity index (χ4v) is 5.40. The number of amides is 4. The molecule has 222 valence electrons. The zero-order valence-corrected chi connectivity index (χ0v) is 24.5. The molecule has 3 aliphatic rings. The molecule has 5 rings (SSSR count). The number of anilines is 1. The number of hydrogen-bond acceptors (Lipinski definition) is 8. The summed E-state index contributed by atoms with van der Waals surface area (Å²) in [5, 5.41) is 19.7. The van der Waals surface area contributed by atoms with Gasteiger partial charge in [0.05, 0.1) is 29.9 Å². The number of fused-ring (bicyclic) bond motifs is 1. The van der Waals surface area contributed by atoms with E-state index < -0.39 is 47.4 Å². The lowest BCUT2D eigenvalue weighted by atomic mass is 9.97. The fraction of sp³-hybridized carbons (Fsp3) is 0.552. The van der Waals surface area contributed by atoms with Crippen molar-refractivity contribution >= 4 is 29.4 Å². The van der Waals surface area contributed by atoms with E-state index >= 15 is 0 Å². The molecule has 13 nitrogen and oxygen atoms in total. The monoisotopic (exact) mass is 576 g/mol. The molecular formula is C29H36N8O5. The summed E-state index contributed by atoms with van der Waals surface area (Å²) in [6, 6.07) is 2.75. The number of rotatable bonds is 7. The standard InChI is InChI=1S/C29H36N8O5/c1-17(33-24(38)19-14-32-37(15-19)28(2,3)4)25(39)35(5)21(11-18-8-9-18)26(40)36-16-29(12-20(36)13-30)27(41)34-23-22(42-29)7-6-10-31-23/h6-7,10,14-15,17-18,20-21H,8-9,11-12,16H2,1-5H3,(H,33,38)(H,31,34,41)/t17-,20-,21-,29+/m0/s1. The average Bonchev–Trinajstić information content (AvgIpc) is 3.47. The molecule has 2 fully saturated rings. The summed E-state index contributed by atoms with van der Waals surface area (Å²) in [5.41, 5.74) is -1.44. The number of ether oxygens (including phenoxy) is 1. The molecule has 0 unspecified atom stereocenters. The number of likely N-dealkylation sites (N-methyl/N-ethyl adjacent to an activating group) is 1. The van der Waals surface area contributed by atoms with Gasteiger partial charge in [-0.1, -0.05) is 12.8 Å². The maximum Gasteiger partial charge on any atom is 0.271 e. The van der Waals surface area contributed by atoms with E-state index in [1.807, 2.05) is 20.8 Å². The highest BCUT2D eigenvalue weighted by Gasteiger charge is 2.56. The van der Waals surface area contributed by atoms with Crippen LogP contribution in [-0.4, -0.2) is 85.5 Å². The zero-order chi connectivity index (χ0) is 30.4. The van der Waals surface area contributed by atoms with Gasteiger partial charge in [-0.3, -0.25) is 23.9 Å². The SMILES string of the molecule is C[C@H](NC(=O)c1cnn(C(C)(C)C)c1)C(=O)N(C)[C@@H](CC1CC1)C(=O)N1C[C@@]2(C[C@H]1C#N)Oc1cccnc1NC2=O. The van der Waals surface area contributed by atoms with E-state index in [9.17, 15) is 24.4 Å². The van der Waals surface area contributed by atoms with Crippen molar-refractivity contribution in [1.82, 2.24) is 29.9 Å². The van der Waals surface area contributed by atoms with Gasteiger partial charge in [-0.2, -0.15) is 10.4 Å². The molecule has 1 saturated heterocycles. The van der Waals surface area contributed by atoms with Crippen LogP contribution in [0, 0.1) is 17.2 Å². The summed E-state index contributed by atoms with van der Waals surface area (Å²) in [6.07, 6.45) is 6.89. The molecule has 42 heavy (non-hydrogen) atoms. The Morgan fingerprint density at radius 1 is 1.33 bits per heavy atom. The van der Waals surface area contributed by atoms with Crippen molar-refractivity contribution in [2.24, 2.45) is 5.92 Å². The van der Waals surface area contributed by atoms with Gasteiger partial charge in [-0.05, 0) is 52.2 Å². The third-order valence-electron chi connectivity index (χ3n) is 8.08. The number of likely N-dealkylation sites (tertiary alicyclic amines) is 1. The Kier molecular flexibility index (Phi) is 7.42. The molecule has 4 amide bonds. The molecule has 2 aliphatic heterocycles. The topological polar surface area (TPSA) is 163 Å². The molecule has 1 saturated carbocycles. The molecule has 1 spiro atoms. The van der Waals surface area contributed by atoms with E-state index in [1.54, 1.807) is 29.9 Å². The van der Waals surface area contributed by atoms with E-state index in [0.717, 1.165) is 12.8 Å². The van der Waals surface area contributed by atoms with Crippen molar-refractivity contribution < 1.29 is 23.9 Å². The van der Waals surface area contributed by atoms with E-state index in [1.165, 1.54) is 29.2 Å². The molecule has 13 heteroatoms. The first-order chi connectivity index (χ1) is 19.8. The highest BCUT2D eigenvalue weighted by molar-refractivity contribution is 6.01. The van der Waals surface area contributed by atoms with Gasteiger partial charge in [-0.25, -0.2) is 4.98 Å². The Labute approximate surface area is 244 Å². The van der Waals surface area contributed by atoms with Gasteiger partial charge >= 0.3 is 0 Å². The first-order valence-corrected chi connectivity index (χ1v) is 14.1. The number of aromatic nitrogens is 3. The second kappa shape index (κ2) is 10.7. The number of hydrogen-bond donors (Lipinski definition) is 2. The second-order valence-electron chi connectivity index (χ2n) is 12.4. The zero-order valence-electron chi connectivity index (χ0n) is 24.5. The molecule has 0 aromatic carbocycles. The van der Waals surface area contributed by atoms with Crippen LogP contribution in [0.15, 0.2) is 30.7 Å². The highest BCUT2D eigenvalue weighted by Crippen LogP contribution is 2.40. The van der Waals surface area contributed by atoms with Crippen LogP contribution < -0.4 is 15.4 Å². The highest BCUT2D eigenvalue weighted by atomic mass is 16.5. The summed E-state index contributed by atoms with van der Waals surface area (Å²) in [7, 11) is 1.53. The molecule has 1 aliphatic carbocycles. The van der Waals surface area contributed by atoms with Gasteiger partial charge in [-0.15, -0.1) is 0 Å². The van der Waals surface area contributed by atoms with Crippen molar-refractivity contribution in [3.8, 4) is 11.8 Å². The molecule has 2 N–H and O–H groups in total. The lowest BCUT2D eigenvalue weighted by Crippen LogP contribution is -2.57. The van der Waals surface area contributed by atoms with Crippen molar-refractivity contribution in [3.05, 3.63) is 36.3 Å². The molecule has 2 aromatic rings. The lowest BCUT2D eigenvalue weighted by Gasteiger charge is -2.35. The summed E-state index contributed by atoms with van der Waals surface area (Å²) in [6.45, 7) is 7.31. The number of nitrogens with zero attached hydrogens (tertiary/aromatic N) is 6. The minimum Gasteiger partial charge on any atom is -0.472 e. The first-order valence-electron chi connectivity index (χ1n) is 14.1. The Morgan fingerprint density at radius 2 is 2.07 bits per heavy atom.